The summed E-state index contributed by atoms with van der Waals surface area (Å²) in [7, 11) is 1.63. The van der Waals surface area contributed by atoms with Crippen LogP contribution in [0.5, 0.6) is 5.75 Å². The van der Waals surface area contributed by atoms with Gasteiger partial charge >= 0.3 is 0 Å². The Bertz CT molecular complexity index is 573. The van der Waals surface area contributed by atoms with Gasteiger partial charge in [0.05, 0.1) is 13.7 Å². The van der Waals surface area contributed by atoms with E-state index in [1.54, 1.807) is 7.11 Å². The first kappa shape index (κ1) is 11.4. The molecule has 4 heteroatoms. The minimum absolute atomic E-state index is 0.656. The monoisotopic (exact) mass is 259 g/mol. The number of nitrogens with zero attached hydrogens (tertiary/aromatic N) is 1. The Labute approximate surface area is 109 Å². The molecule has 0 amide bonds. The van der Waals surface area contributed by atoms with E-state index in [0.29, 0.717) is 6.54 Å². The van der Waals surface area contributed by atoms with Crippen molar-refractivity contribution in [2.24, 2.45) is 0 Å². The molecule has 18 heavy (non-hydrogen) atoms. The van der Waals surface area contributed by atoms with E-state index < -0.39 is 11.4 Å². The zero-order valence-electron chi connectivity index (χ0n) is 10.00. The lowest BCUT2D eigenvalue weighted by Gasteiger charge is -2.20. The molecule has 0 N–H and O–H groups in total. The van der Waals surface area contributed by atoms with Crippen molar-refractivity contribution in [1.82, 2.24) is 0 Å². The molecule has 0 saturated carbocycles. The lowest BCUT2D eigenvalue weighted by atomic mass is 10.2. The average molecular weight is 259 g/mol. The molecule has 3 rings (SSSR count). The molecule has 1 aliphatic heterocycles. The molecule has 0 saturated heterocycles. The van der Waals surface area contributed by atoms with Crippen molar-refractivity contribution in [3.63, 3.8) is 0 Å². The third-order valence-corrected chi connectivity index (χ3v) is 4.53. The van der Waals surface area contributed by atoms with Gasteiger partial charge in [0.1, 0.15) is 22.8 Å². The maximum atomic E-state index is 12.4. The first-order valence-corrected chi connectivity index (χ1v) is 6.82. The van der Waals surface area contributed by atoms with Crippen LogP contribution in [0.2, 0.25) is 0 Å². The van der Waals surface area contributed by atoms with Crippen molar-refractivity contribution in [1.29, 1.82) is 0 Å². The second kappa shape index (κ2) is 4.55. The number of para-hydroxylation sites is 2. The molecule has 92 valence electrons. The fraction of sp³-hybridized carbons (Fsp3) is 0.143. The van der Waals surface area contributed by atoms with Gasteiger partial charge in [-0.15, -0.1) is 0 Å². The van der Waals surface area contributed by atoms with Gasteiger partial charge in [-0.25, -0.2) is 0 Å². The van der Waals surface area contributed by atoms with Crippen LogP contribution in [0.15, 0.2) is 53.4 Å². The fourth-order valence-corrected chi connectivity index (χ4v) is 3.52. The number of hydrogen-bond acceptors (Lipinski definition) is 3. The first-order chi connectivity index (χ1) is 8.81. The Morgan fingerprint density at radius 3 is 2.61 bits per heavy atom. The van der Waals surface area contributed by atoms with Crippen LogP contribution < -0.4 is 9.04 Å². The number of hydrogen-bond donors (Lipinski definition) is 0. The van der Waals surface area contributed by atoms with Crippen LogP contribution in [-0.2, 0) is 17.9 Å². The van der Waals surface area contributed by atoms with Crippen LogP contribution in [-0.4, -0.2) is 11.7 Å². The summed E-state index contributed by atoms with van der Waals surface area (Å²) in [6.07, 6.45) is 0. The smallest absolute Gasteiger partial charge is 0.185 e. The van der Waals surface area contributed by atoms with Crippen LogP contribution in [0.25, 0.3) is 0 Å². The van der Waals surface area contributed by atoms with Crippen LogP contribution in [0.3, 0.4) is 0 Å². The molecule has 1 atom stereocenters. The fourth-order valence-electron chi connectivity index (χ4n) is 2.15. The minimum atomic E-state index is -1.15. The predicted octanol–water partition coefficient (Wildman–Crippen LogP) is 2.74. The number of rotatable bonds is 2. The van der Waals surface area contributed by atoms with E-state index in [1.807, 2.05) is 52.8 Å². The summed E-state index contributed by atoms with van der Waals surface area (Å²) < 4.78 is 19.6. The Morgan fingerprint density at radius 1 is 1.11 bits per heavy atom. The van der Waals surface area contributed by atoms with Gasteiger partial charge in [0, 0.05) is 5.56 Å². The van der Waals surface area contributed by atoms with Crippen molar-refractivity contribution in [3.8, 4) is 5.75 Å². The van der Waals surface area contributed by atoms with Crippen molar-refractivity contribution in [3.05, 3.63) is 54.1 Å². The van der Waals surface area contributed by atoms with Crippen LogP contribution in [0, 0.1) is 0 Å². The molecule has 3 nitrogen and oxygen atoms in total. The summed E-state index contributed by atoms with van der Waals surface area (Å²) >= 11 is -1.15. The highest BCUT2D eigenvalue weighted by molar-refractivity contribution is 7.93. The number of fused-ring (bicyclic) bond motifs is 1. The Kier molecular flexibility index (Phi) is 2.89. The average Bonchev–Trinajstić information content (AvgIpc) is 2.76. The van der Waals surface area contributed by atoms with Crippen molar-refractivity contribution < 1.29 is 9.29 Å². The molecular formula is C14H13NO2S. The molecule has 0 bridgehead atoms. The molecule has 0 fully saturated rings. The van der Waals surface area contributed by atoms with Crippen molar-refractivity contribution in [2.75, 3.05) is 11.4 Å². The van der Waals surface area contributed by atoms with Crippen LogP contribution >= 0.6 is 0 Å². The SMILES string of the molecule is COc1ccccc1N1Cc2ccccc2[S+]1[O-]. The molecule has 2 aromatic carbocycles. The van der Waals surface area contributed by atoms with E-state index in [9.17, 15) is 4.55 Å². The topological polar surface area (TPSA) is 35.5 Å². The summed E-state index contributed by atoms with van der Waals surface area (Å²) in [6.45, 7) is 0.656. The highest BCUT2D eigenvalue weighted by atomic mass is 32.2. The van der Waals surface area contributed by atoms with Crippen molar-refractivity contribution in [2.45, 2.75) is 11.4 Å². The quantitative estimate of drug-likeness (QED) is 0.778. The van der Waals surface area contributed by atoms with E-state index in [2.05, 4.69) is 0 Å². The molecule has 0 radical (unpaired) electrons. The van der Waals surface area contributed by atoms with Gasteiger partial charge in [-0.05, 0) is 18.2 Å². The third-order valence-electron chi connectivity index (χ3n) is 3.03. The van der Waals surface area contributed by atoms with E-state index in [4.69, 9.17) is 4.74 Å². The third kappa shape index (κ3) is 1.74. The van der Waals surface area contributed by atoms with Gasteiger partial charge in [-0.3, -0.25) is 0 Å². The Balaban J connectivity index is 2.01. The zero-order chi connectivity index (χ0) is 12.5. The van der Waals surface area contributed by atoms with E-state index >= 15 is 0 Å². The van der Waals surface area contributed by atoms with E-state index in [0.717, 1.165) is 21.9 Å². The Hall–Kier alpha value is -1.65. The summed E-state index contributed by atoms with van der Waals surface area (Å²) in [5.41, 5.74) is 1.98. The van der Waals surface area contributed by atoms with Gasteiger partial charge in [0.25, 0.3) is 0 Å². The molecule has 1 heterocycles. The maximum Gasteiger partial charge on any atom is 0.185 e. The summed E-state index contributed by atoms with van der Waals surface area (Å²) in [4.78, 5) is 0.892. The van der Waals surface area contributed by atoms with Gasteiger partial charge in [-0.2, -0.15) is 4.31 Å². The summed E-state index contributed by atoms with van der Waals surface area (Å²) in [5.74, 6) is 0.749. The molecular weight excluding hydrogens is 246 g/mol. The molecule has 1 aliphatic rings. The molecule has 1 unspecified atom stereocenters. The normalized spacial score (nSPS) is 17.7. The molecule has 0 aromatic heterocycles. The lowest BCUT2D eigenvalue weighted by molar-refractivity contribution is 0.415. The van der Waals surface area contributed by atoms with Gasteiger partial charge in [-0.1, -0.05) is 30.3 Å². The first-order valence-electron chi connectivity index (χ1n) is 5.71. The number of benzene rings is 2. The van der Waals surface area contributed by atoms with E-state index in [-0.39, 0.29) is 0 Å². The summed E-state index contributed by atoms with van der Waals surface area (Å²) in [6, 6.07) is 15.5. The standard InChI is InChI=1S/C14H13NO2S/c1-17-13-8-4-3-7-12(13)15-10-11-6-2-5-9-14(11)18(15)16/h2-9H,10H2,1H3. The van der Waals surface area contributed by atoms with Crippen LogP contribution in [0.4, 0.5) is 5.69 Å². The maximum absolute atomic E-state index is 12.4. The molecule has 0 aliphatic carbocycles. The highest BCUT2D eigenvalue weighted by Gasteiger charge is 2.35. The Morgan fingerprint density at radius 2 is 1.83 bits per heavy atom. The number of anilines is 1. The van der Waals surface area contributed by atoms with Gasteiger partial charge < -0.3 is 9.29 Å². The van der Waals surface area contributed by atoms with E-state index in [1.165, 1.54) is 0 Å². The lowest BCUT2D eigenvalue weighted by Crippen LogP contribution is -2.24. The van der Waals surface area contributed by atoms with Gasteiger partial charge in [0.15, 0.2) is 4.90 Å². The minimum Gasteiger partial charge on any atom is -0.588 e. The number of ether oxygens (including phenoxy) is 1. The second-order valence-electron chi connectivity index (χ2n) is 4.07. The van der Waals surface area contributed by atoms with Crippen molar-refractivity contribution >= 4 is 17.0 Å². The summed E-state index contributed by atoms with van der Waals surface area (Å²) in [5, 5.41) is 0. The van der Waals surface area contributed by atoms with Gasteiger partial charge in [0.2, 0.25) is 0 Å². The largest absolute Gasteiger partial charge is 0.588 e. The highest BCUT2D eigenvalue weighted by Crippen LogP contribution is 2.38. The second-order valence-corrected chi connectivity index (χ2v) is 5.44. The van der Waals surface area contributed by atoms with Crippen LogP contribution in [0.1, 0.15) is 5.56 Å². The molecule has 2 aromatic rings. The number of methoxy groups -OCH3 is 1. The predicted molar refractivity (Wildman–Crippen MR) is 72.0 cm³/mol. The zero-order valence-corrected chi connectivity index (χ0v) is 10.8. The molecule has 0 spiro atoms.